The predicted molar refractivity (Wildman–Crippen MR) is 93.9 cm³/mol. The van der Waals surface area contributed by atoms with Gasteiger partial charge in [0, 0.05) is 26.3 Å². The summed E-state index contributed by atoms with van der Waals surface area (Å²) in [5.41, 5.74) is -0.576. The lowest BCUT2D eigenvalue weighted by molar-refractivity contribution is 0.0574. The maximum Gasteiger partial charge on any atom is 0.191 e. The van der Waals surface area contributed by atoms with Gasteiger partial charge in [-0.15, -0.1) is 24.0 Å². The SMILES string of the molecule is CCNC(=NCC1(O)CCCC1)NCCCOCC.I. The molecule has 0 saturated heterocycles. The van der Waals surface area contributed by atoms with Crippen LogP contribution in [0.2, 0.25) is 0 Å². The maximum absolute atomic E-state index is 10.3. The number of guanidine groups is 1. The summed E-state index contributed by atoms with van der Waals surface area (Å²) in [4.78, 5) is 4.49. The van der Waals surface area contributed by atoms with Crippen molar-refractivity contribution in [3.05, 3.63) is 0 Å². The summed E-state index contributed by atoms with van der Waals surface area (Å²) in [6.07, 6.45) is 4.94. The molecule has 0 radical (unpaired) electrons. The quantitative estimate of drug-likeness (QED) is 0.253. The van der Waals surface area contributed by atoms with E-state index in [9.17, 15) is 5.11 Å². The first-order chi connectivity index (χ1) is 9.20. The average Bonchev–Trinajstić information content (AvgIpc) is 2.83. The van der Waals surface area contributed by atoms with Crippen LogP contribution < -0.4 is 10.6 Å². The van der Waals surface area contributed by atoms with E-state index in [4.69, 9.17) is 4.74 Å². The molecule has 5 nitrogen and oxygen atoms in total. The van der Waals surface area contributed by atoms with Crippen molar-refractivity contribution in [2.75, 3.05) is 32.8 Å². The molecule has 0 aromatic heterocycles. The molecule has 0 spiro atoms. The van der Waals surface area contributed by atoms with Gasteiger partial charge in [0.25, 0.3) is 0 Å². The molecular formula is C14H30IN3O2. The van der Waals surface area contributed by atoms with Crippen molar-refractivity contribution in [2.24, 2.45) is 4.99 Å². The van der Waals surface area contributed by atoms with Crippen molar-refractivity contribution in [1.82, 2.24) is 10.6 Å². The normalized spacial score (nSPS) is 17.6. The van der Waals surface area contributed by atoms with Crippen LogP contribution >= 0.6 is 24.0 Å². The monoisotopic (exact) mass is 399 g/mol. The molecule has 1 aliphatic rings. The molecule has 1 aliphatic carbocycles. The molecule has 0 bridgehead atoms. The van der Waals surface area contributed by atoms with Gasteiger partial charge in [0.2, 0.25) is 0 Å². The summed E-state index contributed by atoms with van der Waals surface area (Å²) in [6.45, 7) is 7.74. The molecule has 0 amide bonds. The molecular weight excluding hydrogens is 369 g/mol. The van der Waals surface area contributed by atoms with Crippen LogP contribution in [0.25, 0.3) is 0 Å². The van der Waals surface area contributed by atoms with Crippen molar-refractivity contribution in [1.29, 1.82) is 0 Å². The van der Waals surface area contributed by atoms with Crippen LogP contribution in [-0.2, 0) is 4.74 Å². The van der Waals surface area contributed by atoms with Gasteiger partial charge in [0.15, 0.2) is 5.96 Å². The van der Waals surface area contributed by atoms with E-state index in [1.807, 2.05) is 13.8 Å². The molecule has 6 heteroatoms. The third-order valence-corrected chi connectivity index (χ3v) is 3.37. The molecule has 0 aromatic carbocycles. The smallest absolute Gasteiger partial charge is 0.191 e. The number of hydrogen-bond donors (Lipinski definition) is 3. The van der Waals surface area contributed by atoms with E-state index < -0.39 is 5.60 Å². The van der Waals surface area contributed by atoms with Gasteiger partial charge in [-0.1, -0.05) is 12.8 Å². The Labute approximate surface area is 140 Å². The second kappa shape index (κ2) is 11.6. The summed E-state index contributed by atoms with van der Waals surface area (Å²) in [7, 11) is 0. The van der Waals surface area contributed by atoms with Gasteiger partial charge in [-0.05, 0) is 33.1 Å². The highest BCUT2D eigenvalue weighted by atomic mass is 127. The van der Waals surface area contributed by atoms with Crippen molar-refractivity contribution in [3.63, 3.8) is 0 Å². The van der Waals surface area contributed by atoms with Crippen molar-refractivity contribution in [2.45, 2.75) is 51.6 Å². The first-order valence-electron chi connectivity index (χ1n) is 7.52. The van der Waals surface area contributed by atoms with Crippen LogP contribution in [0.4, 0.5) is 0 Å². The maximum atomic E-state index is 10.3. The minimum absolute atomic E-state index is 0. The van der Waals surface area contributed by atoms with Gasteiger partial charge in [-0.3, -0.25) is 4.99 Å². The second-order valence-corrected chi connectivity index (χ2v) is 5.10. The lowest BCUT2D eigenvalue weighted by atomic mass is 10.0. The number of halogens is 1. The van der Waals surface area contributed by atoms with E-state index in [0.717, 1.165) is 64.4 Å². The third-order valence-electron chi connectivity index (χ3n) is 3.37. The highest BCUT2D eigenvalue weighted by Gasteiger charge is 2.30. The highest BCUT2D eigenvalue weighted by Crippen LogP contribution is 2.29. The number of rotatable bonds is 8. The average molecular weight is 399 g/mol. The van der Waals surface area contributed by atoms with Crippen LogP contribution in [0.5, 0.6) is 0 Å². The summed E-state index contributed by atoms with van der Waals surface area (Å²) in [6, 6.07) is 0. The van der Waals surface area contributed by atoms with Gasteiger partial charge in [-0.25, -0.2) is 0 Å². The Morgan fingerprint density at radius 3 is 2.55 bits per heavy atom. The minimum atomic E-state index is -0.576. The van der Waals surface area contributed by atoms with E-state index in [-0.39, 0.29) is 24.0 Å². The molecule has 0 heterocycles. The van der Waals surface area contributed by atoms with Crippen LogP contribution in [0.3, 0.4) is 0 Å². The summed E-state index contributed by atoms with van der Waals surface area (Å²) >= 11 is 0. The Bertz CT molecular complexity index is 269. The molecule has 0 atom stereocenters. The van der Waals surface area contributed by atoms with Gasteiger partial charge < -0.3 is 20.5 Å². The Hall–Kier alpha value is -0.0800. The lowest BCUT2D eigenvalue weighted by Gasteiger charge is -2.20. The van der Waals surface area contributed by atoms with Crippen molar-refractivity contribution in [3.8, 4) is 0 Å². The van der Waals surface area contributed by atoms with E-state index in [1.165, 1.54) is 0 Å². The number of ether oxygens (including phenoxy) is 1. The van der Waals surface area contributed by atoms with Crippen LogP contribution in [0, 0.1) is 0 Å². The molecule has 1 rings (SSSR count). The number of aliphatic hydroxyl groups is 1. The van der Waals surface area contributed by atoms with Crippen LogP contribution in [0.15, 0.2) is 4.99 Å². The van der Waals surface area contributed by atoms with Gasteiger partial charge in [-0.2, -0.15) is 0 Å². The van der Waals surface area contributed by atoms with Crippen LogP contribution in [-0.4, -0.2) is 49.5 Å². The zero-order valence-corrected chi connectivity index (χ0v) is 15.1. The Morgan fingerprint density at radius 2 is 1.95 bits per heavy atom. The molecule has 120 valence electrons. The van der Waals surface area contributed by atoms with Crippen LogP contribution in [0.1, 0.15) is 46.0 Å². The van der Waals surface area contributed by atoms with Gasteiger partial charge in [0.1, 0.15) is 0 Å². The predicted octanol–water partition coefficient (Wildman–Crippen LogP) is 1.89. The van der Waals surface area contributed by atoms with E-state index in [0.29, 0.717) is 6.54 Å². The second-order valence-electron chi connectivity index (χ2n) is 5.10. The fourth-order valence-corrected chi connectivity index (χ4v) is 2.28. The topological polar surface area (TPSA) is 65.9 Å². The minimum Gasteiger partial charge on any atom is -0.388 e. The van der Waals surface area contributed by atoms with E-state index in [1.54, 1.807) is 0 Å². The molecule has 1 saturated carbocycles. The standard InChI is InChI=1S/C14H29N3O2.HI/c1-3-15-13(16-10-7-11-19-4-2)17-12-14(18)8-5-6-9-14;/h18H,3-12H2,1-2H3,(H2,15,16,17);1H. The third kappa shape index (κ3) is 8.26. The fraction of sp³-hybridized carbons (Fsp3) is 0.929. The number of aliphatic imine (C=N–C) groups is 1. The number of hydrogen-bond acceptors (Lipinski definition) is 3. The largest absolute Gasteiger partial charge is 0.388 e. The van der Waals surface area contributed by atoms with Gasteiger partial charge in [0.05, 0.1) is 12.1 Å². The number of nitrogens with one attached hydrogen (secondary N) is 2. The summed E-state index contributed by atoms with van der Waals surface area (Å²) < 4.78 is 5.29. The molecule has 0 unspecified atom stereocenters. The number of nitrogens with zero attached hydrogens (tertiary/aromatic N) is 1. The zero-order chi connectivity index (χ0) is 14.0. The van der Waals surface area contributed by atoms with Crippen molar-refractivity contribution < 1.29 is 9.84 Å². The Morgan fingerprint density at radius 1 is 1.25 bits per heavy atom. The lowest BCUT2D eigenvalue weighted by Crippen LogP contribution is -2.40. The summed E-state index contributed by atoms with van der Waals surface area (Å²) in [5, 5.41) is 16.7. The first kappa shape index (κ1) is 19.9. The van der Waals surface area contributed by atoms with Gasteiger partial charge >= 0.3 is 0 Å². The Balaban J connectivity index is 0.00000361. The molecule has 0 aromatic rings. The molecule has 3 N–H and O–H groups in total. The van der Waals surface area contributed by atoms with E-state index >= 15 is 0 Å². The fourth-order valence-electron chi connectivity index (χ4n) is 2.28. The Kier molecular flexibility index (Phi) is 11.5. The first-order valence-corrected chi connectivity index (χ1v) is 7.52. The molecule has 20 heavy (non-hydrogen) atoms. The summed E-state index contributed by atoms with van der Waals surface area (Å²) in [5.74, 6) is 0.791. The zero-order valence-electron chi connectivity index (χ0n) is 12.8. The molecule has 1 fully saturated rings. The van der Waals surface area contributed by atoms with E-state index in [2.05, 4.69) is 15.6 Å². The highest BCUT2D eigenvalue weighted by molar-refractivity contribution is 14.0. The van der Waals surface area contributed by atoms with Crippen molar-refractivity contribution >= 4 is 29.9 Å². The molecule has 0 aliphatic heterocycles.